The lowest BCUT2D eigenvalue weighted by Gasteiger charge is -2.03. The number of thiophene rings is 1. The number of halogens is 2. The van der Waals surface area contributed by atoms with E-state index in [0.717, 1.165) is 9.35 Å². The van der Waals surface area contributed by atoms with Crippen LogP contribution in [-0.2, 0) is 0 Å². The Bertz CT molecular complexity index is 575. The van der Waals surface area contributed by atoms with Gasteiger partial charge in [-0.2, -0.15) is 0 Å². The summed E-state index contributed by atoms with van der Waals surface area (Å²) in [6, 6.07) is 6.89. The van der Waals surface area contributed by atoms with Gasteiger partial charge in [-0.1, -0.05) is 17.7 Å². The molecule has 0 atom stereocenters. The van der Waals surface area contributed by atoms with Gasteiger partial charge in [0.1, 0.15) is 0 Å². The molecule has 0 aliphatic rings. The summed E-state index contributed by atoms with van der Waals surface area (Å²) < 4.78 is 0.936. The summed E-state index contributed by atoms with van der Waals surface area (Å²) in [5, 5.41) is 0.319. The van der Waals surface area contributed by atoms with Gasteiger partial charge in [0.15, 0.2) is 0 Å². The van der Waals surface area contributed by atoms with E-state index in [4.69, 9.17) is 17.3 Å². The van der Waals surface area contributed by atoms with Crippen LogP contribution in [0, 0.1) is 6.92 Å². The quantitative estimate of drug-likeness (QED) is 0.659. The maximum absolute atomic E-state index is 12.2. The maximum atomic E-state index is 12.2. The molecule has 1 aromatic heterocycles. The summed E-state index contributed by atoms with van der Waals surface area (Å²) in [5.41, 5.74) is 6.55. The molecule has 0 unspecified atom stereocenters. The van der Waals surface area contributed by atoms with E-state index in [2.05, 4.69) is 15.9 Å². The van der Waals surface area contributed by atoms with Crippen molar-refractivity contribution < 1.29 is 4.79 Å². The molecule has 5 heteroatoms. The van der Waals surface area contributed by atoms with Gasteiger partial charge in [-0.25, -0.2) is 0 Å². The van der Waals surface area contributed by atoms with E-state index in [9.17, 15) is 4.79 Å². The van der Waals surface area contributed by atoms with Gasteiger partial charge in [0.2, 0.25) is 5.78 Å². The molecule has 88 valence electrons. The monoisotopic (exact) mass is 329 g/mol. The molecule has 0 aliphatic carbocycles. The van der Waals surface area contributed by atoms with Crippen LogP contribution in [0.2, 0.25) is 5.02 Å². The Kier molecular flexibility index (Phi) is 3.56. The molecular formula is C12H9BrClNOS. The Labute approximate surface area is 117 Å². The van der Waals surface area contributed by atoms with Gasteiger partial charge in [-0.3, -0.25) is 4.79 Å². The first-order valence-electron chi connectivity index (χ1n) is 4.85. The van der Waals surface area contributed by atoms with Gasteiger partial charge in [-0.05, 0) is 41.1 Å². The molecule has 1 heterocycles. The third-order valence-electron chi connectivity index (χ3n) is 2.35. The minimum Gasteiger partial charge on any atom is -0.398 e. The van der Waals surface area contributed by atoms with Gasteiger partial charge in [-0.15, -0.1) is 11.3 Å². The number of benzene rings is 1. The van der Waals surface area contributed by atoms with Crippen molar-refractivity contribution in [2.45, 2.75) is 6.92 Å². The van der Waals surface area contributed by atoms with Gasteiger partial charge < -0.3 is 5.73 Å². The topological polar surface area (TPSA) is 43.1 Å². The SMILES string of the molecule is Cc1sc(C(=O)c2cccc(N)c2Cl)cc1Br. The number of ketones is 1. The smallest absolute Gasteiger partial charge is 0.204 e. The van der Waals surface area contributed by atoms with Crippen LogP contribution >= 0.6 is 38.9 Å². The maximum Gasteiger partial charge on any atom is 0.204 e. The summed E-state index contributed by atoms with van der Waals surface area (Å²) in [7, 11) is 0. The zero-order valence-corrected chi connectivity index (χ0v) is 12.1. The van der Waals surface area contributed by atoms with E-state index in [1.54, 1.807) is 18.2 Å². The second-order valence-electron chi connectivity index (χ2n) is 3.55. The Morgan fingerprint density at radius 3 is 2.76 bits per heavy atom. The zero-order chi connectivity index (χ0) is 12.6. The third-order valence-corrected chi connectivity index (χ3v) is 4.91. The van der Waals surface area contributed by atoms with E-state index in [1.807, 2.05) is 13.0 Å². The number of hydrogen-bond acceptors (Lipinski definition) is 3. The van der Waals surface area contributed by atoms with Gasteiger partial charge in [0, 0.05) is 14.9 Å². The lowest BCUT2D eigenvalue weighted by atomic mass is 10.1. The van der Waals surface area contributed by atoms with Crippen molar-refractivity contribution in [2.75, 3.05) is 5.73 Å². The average Bonchev–Trinajstić information content (AvgIpc) is 2.62. The van der Waals surface area contributed by atoms with Crippen molar-refractivity contribution in [1.29, 1.82) is 0 Å². The second kappa shape index (κ2) is 4.80. The summed E-state index contributed by atoms with van der Waals surface area (Å²) >= 11 is 10.9. The molecule has 0 aliphatic heterocycles. The molecule has 17 heavy (non-hydrogen) atoms. The van der Waals surface area contributed by atoms with Crippen LogP contribution in [0.3, 0.4) is 0 Å². The first-order chi connectivity index (χ1) is 8.00. The Morgan fingerprint density at radius 2 is 2.18 bits per heavy atom. The Morgan fingerprint density at radius 1 is 1.47 bits per heavy atom. The standard InChI is InChI=1S/C12H9BrClNOS/c1-6-8(13)5-10(17-6)12(16)7-3-2-4-9(15)11(7)14/h2-5H,15H2,1H3. The molecule has 0 bridgehead atoms. The number of nitrogens with two attached hydrogens (primary N) is 1. The summed E-state index contributed by atoms with van der Waals surface area (Å²) in [4.78, 5) is 14.0. The van der Waals surface area contributed by atoms with Crippen LogP contribution in [-0.4, -0.2) is 5.78 Å². The number of carbonyl (C=O) groups is 1. The zero-order valence-electron chi connectivity index (χ0n) is 8.96. The number of rotatable bonds is 2. The predicted molar refractivity (Wildman–Crippen MR) is 76.1 cm³/mol. The second-order valence-corrected chi connectivity index (χ2v) is 6.04. The van der Waals surface area contributed by atoms with Crippen molar-refractivity contribution in [3.8, 4) is 0 Å². The first-order valence-corrected chi connectivity index (χ1v) is 6.84. The highest BCUT2D eigenvalue weighted by molar-refractivity contribution is 9.10. The third kappa shape index (κ3) is 2.39. The highest BCUT2D eigenvalue weighted by Gasteiger charge is 2.17. The molecule has 0 saturated carbocycles. The summed E-state index contributed by atoms with van der Waals surface area (Å²) in [6.45, 7) is 1.95. The van der Waals surface area contributed by atoms with Crippen molar-refractivity contribution in [1.82, 2.24) is 0 Å². The van der Waals surface area contributed by atoms with E-state index in [1.165, 1.54) is 11.3 Å². The molecule has 2 nitrogen and oxygen atoms in total. The summed E-state index contributed by atoms with van der Waals surface area (Å²) in [6.07, 6.45) is 0. The predicted octanol–water partition coefficient (Wildman–Crippen LogP) is 4.29. The number of carbonyl (C=O) groups excluding carboxylic acids is 1. The molecule has 2 aromatic rings. The molecule has 0 spiro atoms. The highest BCUT2D eigenvalue weighted by atomic mass is 79.9. The number of nitrogen functional groups attached to an aromatic ring is 1. The van der Waals surface area contributed by atoms with Crippen molar-refractivity contribution in [2.24, 2.45) is 0 Å². The molecular weight excluding hydrogens is 322 g/mol. The Hall–Kier alpha value is -0.840. The lowest BCUT2D eigenvalue weighted by molar-refractivity contribution is 0.104. The van der Waals surface area contributed by atoms with Gasteiger partial charge in [0.05, 0.1) is 15.6 Å². The molecule has 0 radical (unpaired) electrons. The van der Waals surface area contributed by atoms with Gasteiger partial charge in [0.25, 0.3) is 0 Å². The summed E-state index contributed by atoms with van der Waals surface area (Å²) in [5.74, 6) is -0.0962. The van der Waals surface area contributed by atoms with Crippen molar-refractivity contribution in [3.05, 3.63) is 49.1 Å². The van der Waals surface area contributed by atoms with Crippen molar-refractivity contribution in [3.63, 3.8) is 0 Å². The van der Waals surface area contributed by atoms with Crippen LogP contribution in [0.15, 0.2) is 28.7 Å². The fourth-order valence-electron chi connectivity index (χ4n) is 1.43. The highest BCUT2D eigenvalue weighted by Crippen LogP contribution is 2.31. The molecule has 2 N–H and O–H groups in total. The van der Waals surface area contributed by atoms with E-state index < -0.39 is 0 Å². The van der Waals surface area contributed by atoms with Crippen LogP contribution in [0.25, 0.3) is 0 Å². The molecule has 0 amide bonds. The molecule has 1 aromatic carbocycles. The van der Waals surface area contributed by atoms with Crippen LogP contribution in [0.5, 0.6) is 0 Å². The number of hydrogen-bond donors (Lipinski definition) is 1. The Balaban J connectivity index is 2.47. The normalized spacial score (nSPS) is 10.5. The fourth-order valence-corrected chi connectivity index (χ4v) is 3.13. The minimum absolute atomic E-state index is 0.0962. The molecule has 2 rings (SSSR count). The minimum atomic E-state index is -0.0962. The van der Waals surface area contributed by atoms with E-state index in [-0.39, 0.29) is 5.78 Å². The molecule has 0 fully saturated rings. The van der Waals surface area contributed by atoms with E-state index in [0.29, 0.717) is 21.2 Å². The molecule has 0 saturated heterocycles. The lowest BCUT2D eigenvalue weighted by Crippen LogP contribution is -2.01. The largest absolute Gasteiger partial charge is 0.398 e. The van der Waals surface area contributed by atoms with Crippen molar-refractivity contribution >= 4 is 50.3 Å². The van der Waals surface area contributed by atoms with Crippen LogP contribution < -0.4 is 5.73 Å². The number of anilines is 1. The van der Waals surface area contributed by atoms with Gasteiger partial charge >= 0.3 is 0 Å². The van der Waals surface area contributed by atoms with Crippen LogP contribution in [0.4, 0.5) is 5.69 Å². The number of aryl methyl sites for hydroxylation is 1. The van der Waals surface area contributed by atoms with Crippen LogP contribution in [0.1, 0.15) is 20.1 Å². The first kappa shape index (κ1) is 12.6. The van der Waals surface area contributed by atoms with E-state index >= 15 is 0 Å². The average molecular weight is 331 g/mol. The fraction of sp³-hybridized carbons (Fsp3) is 0.0833.